The number of aryl methyl sites for hydroxylation is 1. The highest BCUT2D eigenvalue weighted by Gasteiger charge is 2.11. The van der Waals surface area contributed by atoms with Crippen LogP contribution in [0.4, 0.5) is 5.69 Å². The second kappa shape index (κ2) is 7.35. The zero-order valence-corrected chi connectivity index (χ0v) is 15.3. The van der Waals surface area contributed by atoms with Crippen LogP contribution in [0.15, 0.2) is 36.7 Å². The number of aromatic nitrogens is 4. The van der Waals surface area contributed by atoms with Crippen molar-refractivity contribution in [2.45, 2.75) is 27.2 Å². The number of ether oxygens (including phenoxy) is 1. The first-order chi connectivity index (χ1) is 12.5. The number of methoxy groups -OCH3 is 1. The number of rotatable bonds is 5. The summed E-state index contributed by atoms with van der Waals surface area (Å²) in [6.45, 7) is 5.94. The van der Waals surface area contributed by atoms with Gasteiger partial charge in [-0.15, -0.1) is 0 Å². The summed E-state index contributed by atoms with van der Waals surface area (Å²) in [5.41, 5.74) is 4.51. The Morgan fingerprint density at radius 1 is 1.12 bits per heavy atom. The van der Waals surface area contributed by atoms with Gasteiger partial charge in [-0.1, -0.05) is 12.1 Å². The summed E-state index contributed by atoms with van der Waals surface area (Å²) in [5.74, 6) is 1.11. The van der Waals surface area contributed by atoms with Crippen LogP contribution in [0.25, 0.3) is 5.95 Å². The van der Waals surface area contributed by atoms with Crippen LogP contribution in [0, 0.1) is 20.8 Å². The van der Waals surface area contributed by atoms with Crippen LogP contribution >= 0.6 is 0 Å². The van der Waals surface area contributed by atoms with Gasteiger partial charge >= 0.3 is 0 Å². The third-order valence-electron chi connectivity index (χ3n) is 4.29. The van der Waals surface area contributed by atoms with E-state index in [2.05, 4.69) is 20.4 Å². The second-order valence-corrected chi connectivity index (χ2v) is 6.05. The van der Waals surface area contributed by atoms with Crippen molar-refractivity contribution >= 4 is 11.6 Å². The fourth-order valence-electron chi connectivity index (χ4n) is 2.54. The minimum Gasteiger partial charge on any atom is -0.497 e. The molecule has 7 heteroatoms. The Hall–Kier alpha value is -3.22. The summed E-state index contributed by atoms with van der Waals surface area (Å²) in [5, 5.41) is 7.24. The lowest BCUT2D eigenvalue weighted by Gasteiger charge is -2.07. The molecule has 0 unspecified atom stereocenters. The molecule has 2 heterocycles. The third kappa shape index (κ3) is 3.72. The van der Waals surface area contributed by atoms with Crippen molar-refractivity contribution in [3.63, 3.8) is 0 Å². The maximum Gasteiger partial charge on any atom is 0.250 e. The normalized spacial score (nSPS) is 10.6. The lowest BCUT2D eigenvalue weighted by molar-refractivity contribution is -0.115. The highest BCUT2D eigenvalue weighted by atomic mass is 16.5. The molecule has 3 rings (SSSR count). The highest BCUT2D eigenvalue weighted by Crippen LogP contribution is 2.15. The van der Waals surface area contributed by atoms with Gasteiger partial charge in [0.2, 0.25) is 5.91 Å². The van der Waals surface area contributed by atoms with Crippen molar-refractivity contribution in [2.24, 2.45) is 0 Å². The first-order valence-electron chi connectivity index (χ1n) is 8.26. The van der Waals surface area contributed by atoms with E-state index in [0.717, 1.165) is 28.3 Å². The monoisotopic (exact) mass is 351 g/mol. The van der Waals surface area contributed by atoms with Gasteiger partial charge in [0.15, 0.2) is 0 Å². The van der Waals surface area contributed by atoms with E-state index >= 15 is 0 Å². The molecule has 134 valence electrons. The lowest BCUT2D eigenvalue weighted by atomic mass is 10.1. The Morgan fingerprint density at radius 3 is 2.31 bits per heavy atom. The summed E-state index contributed by atoms with van der Waals surface area (Å²) in [6.07, 6.45) is 3.43. The van der Waals surface area contributed by atoms with Crippen LogP contribution < -0.4 is 10.1 Å². The zero-order chi connectivity index (χ0) is 18.7. The van der Waals surface area contributed by atoms with E-state index in [9.17, 15) is 4.79 Å². The Labute approximate surface area is 152 Å². The zero-order valence-electron chi connectivity index (χ0n) is 15.3. The number of hydrogen-bond donors (Lipinski definition) is 1. The average molecular weight is 351 g/mol. The van der Waals surface area contributed by atoms with Gasteiger partial charge < -0.3 is 10.1 Å². The van der Waals surface area contributed by atoms with Crippen molar-refractivity contribution in [1.29, 1.82) is 0 Å². The van der Waals surface area contributed by atoms with Crippen molar-refractivity contribution in [3.8, 4) is 11.7 Å². The summed E-state index contributed by atoms with van der Waals surface area (Å²) in [6, 6.07) is 7.39. The van der Waals surface area contributed by atoms with Crippen molar-refractivity contribution in [2.75, 3.05) is 12.4 Å². The van der Waals surface area contributed by atoms with E-state index in [0.29, 0.717) is 11.6 Å². The van der Waals surface area contributed by atoms with Crippen LogP contribution in [0.2, 0.25) is 0 Å². The van der Waals surface area contributed by atoms with Gasteiger partial charge in [0.05, 0.1) is 37.3 Å². The number of carbonyl (C=O) groups is 1. The molecule has 26 heavy (non-hydrogen) atoms. The largest absolute Gasteiger partial charge is 0.497 e. The molecule has 0 saturated heterocycles. The summed E-state index contributed by atoms with van der Waals surface area (Å²) in [4.78, 5) is 20.8. The molecule has 0 aliphatic heterocycles. The Kier molecular flexibility index (Phi) is 4.97. The molecule has 1 amide bonds. The Morgan fingerprint density at radius 2 is 1.77 bits per heavy atom. The first-order valence-corrected chi connectivity index (χ1v) is 8.26. The minimum absolute atomic E-state index is 0.131. The van der Waals surface area contributed by atoms with Crippen LogP contribution in [-0.2, 0) is 11.2 Å². The molecule has 7 nitrogen and oxygen atoms in total. The van der Waals surface area contributed by atoms with Gasteiger partial charge in [-0.25, -0.2) is 14.6 Å². The predicted octanol–water partition coefficient (Wildman–Crippen LogP) is 2.78. The number of carbonyl (C=O) groups excluding carboxylic acids is 1. The van der Waals surface area contributed by atoms with Crippen molar-refractivity contribution in [1.82, 2.24) is 19.7 Å². The first kappa shape index (κ1) is 17.6. The van der Waals surface area contributed by atoms with Gasteiger partial charge in [-0.05, 0) is 44.0 Å². The number of nitrogens with zero attached hydrogens (tertiary/aromatic N) is 4. The number of benzene rings is 1. The molecular formula is C19H21N5O2. The Bertz CT molecular complexity index is 914. The third-order valence-corrected chi connectivity index (χ3v) is 4.29. The fourth-order valence-corrected chi connectivity index (χ4v) is 2.54. The molecule has 0 bridgehead atoms. The lowest BCUT2D eigenvalue weighted by Crippen LogP contribution is -2.15. The molecule has 0 atom stereocenters. The molecule has 1 aromatic carbocycles. The highest BCUT2D eigenvalue weighted by molar-refractivity contribution is 5.91. The van der Waals surface area contributed by atoms with Gasteiger partial charge in [0.1, 0.15) is 5.75 Å². The number of amides is 1. The predicted molar refractivity (Wildman–Crippen MR) is 98.7 cm³/mol. The molecule has 2 aromatic heterocycles. The van der Waals surface area contributed by atoms with E-state index < -0.39 is 0 Å². The summed E-state index contributed by atoms with van der Waals surface area (Å²) in [7, 11) is 1.61. The minimum atomic E-state index is -0.131. The second-order valence-electron chi connectivity index (χ2n) is 6.05. The smallest absolute Gasteiger partial charge is 0.250 e. The van der Waals surface area contributed by atoms with Gasteiger partial charge in [0, 0.05) is 5.69 Å². The molecule has 0 radical (unpaired) electrons. The molecule has 0 spiro atoms. The van der Waals surface area contributed by atoms with Crippen LogP contribution in [0.5, 0.6) is 5.75 Å². The van der Waals surface area contributed by atoms with E-state index in [1.54, 1.807) is 24.2 Å². The van der Waals surface area contributed by atoms with E-state index in [1.165, 1.54) is 0 Å². The van der Waals surface area contributed by atoms with Gasteiger partial charge in [0.25, 0.3) is 5.95 Å². The molecule has 0 fully saturated rings. The maximum atomic E-state index is 12.2. The molecular weight excluding hydrogens is 330 g/mol. The van der Waals surface area contributed by atoms with Crippen molar-refractivity contribution in [3.05, 3.63) is 59.2 Å². The van der Waals surface area contributed by atoms with Crippen LogP contribution in [0.3, 0.4) is 0 Å². The molecule has 0 aliphatic carbocycles. The number of anilines is 1. The van der Waals surface area contributed by atoms with E-state index in [-0.39, 0.29) is 12.3 Å². The van der Waals surface area contributed by atoms with Crippen molar-refractivity contribution < 1.29 is 9.53 Å². The molecule has 0 aliphatic rings. The van der Waals surface area contributed by atoms with E-state index in [4.69, 9.17) is 4.74 Å². The average Bonchev–Trinajstić information content (AvgIpc) is 2.90. The maximum absolute atomic E-state index is 12.2. The molecule has 0 saturated carbocycles. The Balaban J connectivity index is 1.66. The number of nitrogens with one attached hydrogen (secondary N) is 1. The van der Waals surface area contributed by atoms with Crippen LogP contribution in [-0.4, -0.2) is 32.8 Å². The summed E-state index contributed by atoms with van der Waals surface area (Å²) < 4.78 is 6.81. The topological polar surface area (TPSA) is 81.9 Å². The van der Waals surface area contributed by atoms with Gasteiger partial charge in [-0.2, -0.15) is 5.10 Å². The standard InChI is InChI=1S/C19H21N5O2/c1-12-13(2)23-24(14(12)3)19-20-10-16(11-21-19)22-18(25)9-15-5-7-17(26-4)8-6-15/h5-8,10-11H,9H2,1-4H3,(H,22,25). The molecule has 1 N–H and O–H groups in total. The van der Waals surface area contributed by atoms with Gasteiger partial charge in [-0.3, -0.25) is 4.79 Å². The SMILES string of the molecule is COc1ccc(CC(=O)Nc2cnc(-n3nc(C)c(C)c3C)nc2)cc1. The fraction of sp³-hybridized carbons (Fsp3) is 0.263. The number of hydrogen-bond acceptors (Lipinski definition) is 5. The van der Waals surface area contributed by atoms with Crippen LogP contribution in [0.1, 0.15) is 22.5 Å². The van der Waals surface area contributed by atoms with E-state index in [1.807, 2.05) is 45.0 Å². The summed E-state index contributed by atoms with van der Waals surface area (Å²) >= 11 is 0. The quantitative estimate of drug-likeness (QED) is 0.764. The molecule has 3 aromatic rings.